The molecular weight excluding hydrogens is 288 g/mol. The van der Waals surface area contributed by atoms with Gasteiger partial charge < -0.3 is 5.32 Å². The van der Waals surface area contributed by atoms with Gasteiger partial charge in [0.1, 0.15) is 0 Å². The van der Waals surface area contributed by atoms with Gasteiger partial charge in [0.05, 0.1) is 10.0 Å². The van der Waals surface area contributed by atoms with Gasteiger partial charge in [0.15, 0.2) is 0 Å². The Morgan fingerprint density at radius 3 is 2.55 bits per heavy atom. The summed E-state index contributed by atoms with van der Waals surface area (Å²) in [6, 6.07) is 14.7. The van der Waals surface area contributed by atoms with Gasteiger partial charge >= 0.3 is 0 Å². The fourth-order valence-corrected chi connectivity index (χ4v) is 3.27. The van der Waals surface area contributed by atoms with Crippen molar-refractivity contribution in [2.75, 3.05) is 6.54 Å². The zero-order valence-corrected chi connectivity index (χ0v) is 13.3. The van der Waals surface area contributed by atoms with E-state index in [1.165, 1.54) is 5.56 Å². The summed E-state index contributed by atoms with van der Waals surface area (Å²) in [5.41, 5.74) is 1.31. The monoisotopic (exact) mass is 306 g/mol. The van der Waals surface area contributed by atoms with Crippen LogP contribution in [0.15, 0.2) is 53.7 Å². The summed E-state index contributed by atoms with van der Waals surface area (Å²) in [6.07, 6.45) is 1.70. The Morgan fingerprint density at radius 1 is 1.20 bits per heavy atom. The molecule has 2 unspecified atom stereocenters. The third kappa shape index (κ3) is 4.23. The first-order valence-corrected chi connectivity index (χ1v) is 8.03. The Bertz CT molecular complexity index is 516. The molecule has 0 fully saturated rings. The lowest BCUT2D eigenvalue weighted by Crippen LogP contribution is -2.28. The van der Waals surface area contributed by atoms with Crippen LogP contribution >= 0.6 is 23.4 Å². The molecular formula is C16H19ClN2S. The lowest BCUT2D eigenvalue weighted by atomic mass is 10.0. The number of halogens is 1. The highest BCUT2D eigenvalue weighted by Crippen LogP contribution is 2.31. The van der Waals surface area contributed by atoms with E-state index in [0.29, 0.717) is 16.3 Å². The molecule has 0 amide bonds. The van der Waals surface area contributed by atoms with E-state index < -0.39 is 0 Å². The second-order valence-corrected chi connectivity index (χ2v) is 6.42. The molecule has 0 aliphatic carbocycles. The van der Waals surface area contributed by atoms with Crippen LogP contribution in [0.5, 0.6) is 0 Å². The second-order valence-electron chi connectivity index (χ2n) is 4.58. The number of benzene rings is 1. The average Bonchev–Trinajstić information content (AvgIpc) is 2.48. The number of thioether (sulfide) groups is 1. The summed E-state index contributed by atoms with van der Waals surface area (Å²) in [4.78, 5) is 4.36. The van der Waals surface area contributed by atoms with Gasteiger partial charge in [-0.1, -0.05) is 55.8 Å². The highest BCUT2D eigenvalue weighted by molar-refractivity contribution is 7.99. The van der Waals surface area contributed by atoms with Gasteiger partial charge in [-0.2, -0.15) is 0 Å². The normalized spacial score (nSPS) is 13.9. The van der Waals surface area contributed by atoms with E-state index in [9.17, 15) is 0 Å². The first kappa shape index (κ1) is 15.4. The fourth-order valence-electron chi connectivity index (χ4n) is 2.13. The van der Waals surface area contributed by atoms with Crippen molar-refractivity contribution >= 4 is 23.4 Å². The summed E-state index contributed by atoms with van der Waals surface area (Å²) < 4.78 is 0. The third-order valence-electron chi connectivity index (χ3n) is 3.06. The quantitative estimate of drug-likeness (QED) is 0.792. The van der Waals surface area contributed by atoms with Crippen LogP contribution < -0.4 is 5.32 Å². The summed E-state index contributed by atoms with van der Waals surface area (Å²) in [5.74, 6) is 0. The Hall–Kier alpha value is -1.03. The zero-order valence-electron chi connectivity index (χ0n) is 11.7. The highest BCUT2D eigenvalue weighted by atomic mass is 35.5. The lowest BCUT2D eigenvalue weighted by Gasteiger charge is -2.24. The Balaban J connectivity index is 2.11. The smallest absolute Gasteiger partial charge is 0.0964 e. The van der Waals surface area contributed by atoms with Crippen molar-refractivity contribution in [2.24, 2.45) is 0 Å². The van der Waals surface area contributed by atoms with Crippen LogP contribution in [0.2, 0.25) is 5.02 Å². The maximum absolute atomic E-state index is 5.87. The predicted octanol–water partition coefficient (Wildman–Crippen LogP) is 4.57. The Kier molecular flexibility index (Phi) is 5.89. The average molecular weight is 307 g/mol. The molecule has 0 saturated heterocycles. The number of nitrogens with zero attached hydrogens (tertiary/aromatic N) is 1. The van der Waals surface area contributed by atoms with Crippen molar-refractivity contribution < 1.29 is 0 Å². The van der Waals surface area contributed by atoms with E-state index in [0.717, 1.165) is 11.6 Å². The van der Waals surface area contributed by atoms with Crippen LogP contribution in [-0.2, 0) is 0 Å². The predicted molar refractivity (Wildman–Crippen MR) is 87.4 cm³/mol. The summed E-state index contributed by atoms with van der Waals surface area (Å²) >= 11 is 7.64. The number of hydrogen-bond acceptors (Lipinski definition) is 3. The van der Waals surface area contributed by atoms with Crippen LogP contribution in [0.1, 0.15) is 25.5 Å². The molecule has 2 atom stereocenters. The third-order valence-corrected chi connectivity index (χ3v) is 4.41. The highest BCUT2D eigenvalue weighted by Gasteiger charge is 2.19. The van der Waals surface area contributed by atoms with E-state index in [-0.39, 0.29) is 0 Å². The molecule has 0 aliphatic heterocycles. The van der Waals surface area contributed by atoms with Crippen LogP contribution in [0.4, 0.5) is 0 Å². The Labute approximate surface area is 130 Å². The fraction of sp³-hybridized carbons (Fsp3) is 0.312. The van der Waals surface area contributed by atoms with Gasteiger partial charge in [-0.3, -0.25) is 0 Å². The molecule has 4 heteroatoms. The molecule has 0 radical (unpaired) electrons. The van der Waals surface area contributed by atoms with Crippen molar-refractivity contribution in [3.8, 4) is 0 Å². The molecule has 0 spiro atoms. The molecule has 2 nitrogen and oxygen atoms in total. The SMILES string of the molecule is CCNC(c1ccccc1)C(C)Sc1ccc(Cl)cn1. The molecule has 0 bridgehead atoms. The molecule has 1 heterocycles. The van der Waals surface area contributed by atoms with Gasteiger partial charge in [0.25, 0.3) is 0 Å². The summed E-state index contributed by atoms with van der Waals surface area (Å²) in [6.45, 7) is 5.30. The van der Waals surface area contributed by atoms with Crippen molar-refractivity contribution in [1.82, 2.24) is 10.3 Å². The minimum Gasteiger partial charge on any atom is -0.309 e. The molecule has 1 aromatic carbocycles. The van der Waals surface area contributed by atoms with Crippen molar-refractivity contribution in [3.63, 3.8) is 0 Å². The Morgan fingerprint density at radius 2 is 1.95 bits per heavy atom. The minimum absolute atomic E-state index is 0.309. The maximum Gasteiger partial charge on any atom is 0.0964 e. The summed E-state index contributed by atoms with van der Waals surface area (Å²) in [5, 5.41) is 5.61. The largest absolute Gasteiger partial charge is 0.309 e. The summed E-state index contributed by atoms with van der Waals surface area (Å²) in [7, 11) is 0. The number of rotatable bonds is 6. The van der Waals surface area contributed by atoms with Crippen molar-refractivity contribution in [1.29, 1.82) is 0 Å². The zero-order chi connectivity index (χ0) is 14.4. The molecule has 106 valence electrons. The number of nitrogens with one attached hydrogen (secondary N) is 1. The van der Waals surface area contributed by atoms with Crippen LogP contribution in [-0.4, -0.2) is 16.8 Å². The van der Waals surface area contributed by atoms with E-state index >= 15 is 0 Å². The molecule has 0 aliphatic rings. The van der Waals surface area contributed by atoms with Gasteiger partial charge in [-0.25, -0.2) is 4.98 Å². The maximum atomic E-state index is 5.87. The number of aromatic nitrogens is 1. The van der Waals surface area contributed by atoms with Crippen LogP contribution in [0.25, 0.3) is 0 Å². The van der Waals surface area contributed by atoms with E-state index in [1.807, 2.05) is 18.2 Å². The number of hydrogen-bond donors (Lipinski definition) is 1. The number of pyridine rings is 1. The molecule has 1 N–H and O–H groups in total. The molecule has 1 aromatic heterocycles. The van der Waals surface area contributed by atoms with Gasteiger partial charge in [-0.15, -0.1) is 11.8 Å². The molecule has 0 saturated carbocycles. The first-order valence-electron chi connectivity index (χ1n) is 6.77. The van der Waals surface area contributed by atoms with E-state index in [1.54, 1.807) is 18.0 Å². The topological polar surface area (TPSA) is 24.9 Å². The van der Waals surface area contributed by atoms with Crippen molar-refractivity contribution in [3.05, 3.63) is 59.2 Å². The van der Waals surface area contributed by atoms with Gasteiger partial charge in [0.2, 0.25) is 0 Å². The molecule has 20 heavy (non-hydrogen) atoms. The lowest BCUT2D eigenvalue weighted by molar-refractivity contribution is 0.547. The van der Waals surface area contributed by atoms with E-state index in [4.69, 9.17) is 11.6 Å². The minimum atomic E-state index is 0.309. The molecule has 2 aromatic rings. The second kappa shape index (κ2) is 7.67. The standard InChI is InChI=1S/C16H19ClN2S/c1-3-18-16(13-7-5-4-6-8-13)12(2)20-15-10-9-14(17)11-19-15/h4-12,16,18H,3H2,1-2H3. The van der Waals surface area contributed by atoms with Crippen LogP contribution in [0, 0.1) is 0 Å². The first-order chi connectivity index (χ1) is 9.70. The molecule has 2 rings (SSSR count). The van der Waals surface area contributed by atoms with Gasteiger partial charge in [-0.05, 0) is 24.2 Å². The van der Waals surface area contributed by atoms with Gasteiger partial charge in [0, 0.05) is 17.5 Å². The van der Waals surface area contributed by atoms with Crippen LogP contribution in [0.3, 0.4) is 0 Å². The van der Waals surface area contributed by atoms with Crippen molar-refractivity contribution in [2.45, 2.75) is 30.2 Å². The van der Waals surface area contributed by atoms with E-state index in [2.05, 4.69) is 48.4 Å².